The molecule has 0 aliphatic heterocycles. The van der Waals surface area contributed by atoms with Crippen molar-refractivity contribution in [2.24, 2.45) is 0 Å². The van der Waals surface area contributed by atoms with Crippen LogP contribution in [0.3, 0.4) is 0 Å². The molecule has 2 N–H and O–H groups in total. The molecule has 3 aromatic rings. The minimum absolute atomic E-state index is 0.237. The fourth-order valence-electron chi connectivity index (χ4n) is 2.41. The Hall–Kier alpha value is -2.17. The molecular weight excluding hydrogens is 335 g/mol. The molecule has 0 fully saturated rings. The van der Waals surface area contributed by atoms with Crippen molar-refractivity contribution in [3.63, 3.8) is 0 Å². The molecule has 0 radical (unpaired) electrons. The van der Waals surface area contributed by atoms with E-state index in [0.717, 1.165) is 16.5 Å². The van der Waals surface area contributed by atoms with Crippen molar-refractivity contribution in [1.29, 1.82) is 0 Å². The molecule has 0 spiro atoms. The third-order valence-electron chi connectivity index (χ3n) is 3.62. The summed E-state index contributed by atoms with van der Waals surface area (Å²) < 4.78 is 5.28. The second-order valence-electron chi connectivity index (χ2n) is 5.15. The number of nitrogens with one attached hydrogen (secondary N) is 2. The smallest absolute Gasteiger partial charge is 0.257 e. The summed E-state index contributed by atoms with van der Waals surface area (Å²) in [6.45, 7) is 1.87. The highest BCUT2D eigenvalue weighted by molar-refractivity contribution is 6.32. The molecule has 0 saturated carbocycles. The number of rotatable bonds is 3. The van der Waals surface area contributed by atoms with Gasteiger partial charge in [0.1, 0.15) is 5.75 Å². The Balaban J connectivity index is 1.96. The van der Waals surface area contributed by atoms with Gasteiger partial charge in [-0.25, -0.2) is 0 Å². The number of amides is 1. The number of halogens is 2. The van der Waals surface area contributed by atoms with Gasteiger partial charge in [-0.3, -0.25) is 4.79 Å². The van der Waals surface area contributed by atoms with E-state index in [1.165, 1.54) is 7.11 Å². The standard InChI is InChI=1S/C17H14Cl2N2O2/c1-9-5-15(16(23-2)7-13(9)19)21-17(22)12-8-20-14-6-10(18)3-4-11(12)14/h3-8,20H,1-2H3,(H,21,22). The summed E-state index contributed by atoms with van der Waals surface area (Å²) in [6, 6.07) is 8.81. The number of fused-ring (bicyclic) bond motifs is 1. The zero-order valence-corrected chi connectivity index (χ0v) is 14.0. The van der Waals surface area contributed by atoms with Crippen LogP contribution in [0, 0.1) is 6.92 Å². The predicted octanol–water partition coefficient (Wildman–Crippen LogP) is 5.04. The second kappa shape index (κ2) is 6.14. The van der Waals surface area contributed by atoms with E-state index < -0.39 is 0 Å². The highest BCUT2D eigenvalue weighted by atomic mass is 35.5. The van der Waals surface area contributed by atoms with Crippen molar-refractivity contribution < 1.29 is 9.53 Å². The number of hydrogen-bond acceptors (Lipinski definition) is 2. The van der Waals surface area contributed by atoms with E-state index in [1.807, 2.05) is 13.0 Å². The van der Waals surface area contributed by atoms with Crippen LogP contribution in [0.15, 0.2) is 36.5 Å². The zero-order chi connectivity index (χ0) is 16.6. The molecule has 0 unspecified atom stereocenters. The molecule has 0 aliphatic rings. The Kier molecular flexibility index (Phi) is 4.20. The fraction of sp³-hybridized carbons (Fsp3) is 0.118. The first kappa shape index (κ1) is 15.7. The molecule has 1 heterocycles. The van der Waals surface area contributed by atoms with Crippen LogP contribution < -0.4 is 10.1 Å². The number of carbonyl (C=O) groups excluding carboxylic acids is 1. The lowest BCUT2D eigenvalue weighted by Gasteiger charge is -2.12. The third-order valence-corrected chi connectivity index (χ3v) is 4.26. The van der Waals surface area contributed by atoms with E-state index in [2.05, 4.69) is 10.3 Å². The number of H-pyrrole nitrogens is 1. The van der Waals surface area contributed by atoms with Crippen molar-refractivity contribution in [2.75, 3.05) is 12.4 Å². The summed E-state index contributed by atoms with van der Waals surface area (Å²) in [4.78, 5) is 15.6. The maximum Gasteiger partial charge on any atom is 0.257 e. The number of hydrogen-bond donors (Lipinski definition) is 2. The molecule has 118 valence electrons. The first-order valence-electron chi connectivity index (χ1n) is 6.91. The largest absolute Gasteiger partial charge is 0.495 e. The van der Waals surface area contributed by atoms with E-state index in [0.29, 0.717) is 27.0 Å². The lowest BCUT2D eigenvalue weighted by Crippen LogP contribution is -2.12. The second-order valence-corrected chi connectivity index (χ2v) is 5.99. The highest BCUT2D eigenvalue weighted by Crippen LogP contribution is 2.32. The molecule has 0 bridgehead atoms. The third kappa shape index (κ3) is 3.00. The number of aromatic amines is 1. The van der Waals surface area contributed by atoms with Gasteiger partial charge in [0.05, 0.1) is 18.4 Å². The van der Waals surface area contributed by atoms with E-state index >= 15 is 0 Å². The first-order valence-corrected chi connectivity index (χ1v) is 7.67. The molecule has 3 rings (SSSR count). The fourth-order valence-corrected chi connectivity index (χ4v) is 2.73. The number of benzene rings is 2. The van der Waals surface area contributed by atoms with Gasteiger partial charge in [-0.1, -0.05) is 29.3 Å². The number of aryl methyl sites for hydroxylation is 1. The normalized spacial score (nSPS) is 10.8. The van der Waals surface area contributed by atoms with E-state index in [-0.39, 0.29) is 5.91 Å². The molecule has 23 heavy (non-hydrogen) atoms. The SMILES string of the molecule is COc1cc(Cl)c(C)cc1NC(=O)c1c[nH]c2cc(Cl)ccc12. The molecule has 0 saturated heterocycles. The van der Waals surface area contributed by atoms with Crippen molar-refractivity contribution in [3.05, 3.63) is 57.7 Å². The van der Waals surface area contributed by atoms with Gasteiger partial charge in [-0.05, 0) is 30.7 Å². The van der Waals surface area contributed by atoms with Gasteiger partial charge >= 0.3 is 0 Å². The van der Waals surface area contributed by atoms with Crippen LogP contribution in [-0.2, 0) is 0 Å². The summed E-state index contributed by atoms with van der Waals surface area (Å²) in [5.74, 6) is 0.274. The van der Waals surface area contributed by atoms with Crippen LogP contribution in [-0.4, -0.2) is 18.0 Å². The molecule has 1 amide bonds. The number of ether oxygens (including phenoxy) is 1. The quantitative estimate of drug-likeness (QED) is 0.696. The summed E-state index contributed by atoms with van der Waals surface area (Å²) in [6.07, 6.45) is 1.66. The summed E-state index contributed by atoms with van der Waals surface area (Å²) in [5, 5.41) is 4.86. The Morgan fingerprint density at radius 2 is 2.00 bits per heavy atom. The predicted molar refractivity (Wildman–Crippen MR) is 94.0 cm³/mol. The van der Waals surface area contributed by atoms with Crippen molar-refractivity contribution in [1.82, 2.24) is 4.98 Å². The average Bonchev–Trinajstić information content (AvgIpc) is 2.93. The van der Waals surface area contributed by atoms with Gasteiger partial charge < -0.3 is 15.0 Å². The summed E-state index contributed by atoms with van der Waals surface area (Å²) >= 11 is 12.0. The van der Waals surface area contributed by atoms with Crippen LogP contribution in [0.1, 0.15) is 15.9 Å². The van der Waals surface area contributed by atoms with Crippen LogP contribution in [0.4, 0.5) is 5.69 Å². The zero-order valence-electron chi connectivity index (χ0n) is 12.5. The topological polar surface area (TPSA) is 54.1 Å². The Morgan fingerprint density at radius 1 is 1.22 bits per heavy atom. The maximum absolute atomic E-state index is 12.6. The van der Waals surface area contributed by atoms with Crippen molar-refractivity contribution in [3.8, 4) is 5.75 Å². The van der Waals surface area contributed by atoms with Gasteiger partial charge in [0.15, 0.2) is 0 Å². The Bertz CT molecular complexity index is 903. The van der Waals surface area contributed by atoms with Gasteiger partial charge in [0.2, 0.25) is 0 Å². The van der Waals surface area contributed by atoms with E-state index in [1.54, 1.807) is 30.5 Å². The van der Waals surface area contributed by atoms with Gasteiger partial charge in [-0.15, -0.1) is 0 Å². The van der Waals surface area contributed by atoms with E-state index in [4.69, 9.17) is 27.9 Å². The average molecular weight is 349 g/mol. The van der Waals surface area contributed by atoms with Crippen molar-refractivity contribution in [2.45, 2.75) is 6.92 Å². The minimum atomic E-state index is -0.237. The highest BCUT2D eigenvalue weighted by Gasteiger charge is 2.15. The molecule has 1 aromatic heterocycles. The maximum atomic E-state index is 12.6. The van der Waals surface area contributed by atoms with Gasteiger partial charge in [0.25, 0.3) is 5.91 Å². The monoisotopic (exact) mass is 348 g/mol. The van der Waals surface area contributed by atoms with Crippen LogP contribution in [0.2, 0.25) is 10.0 Å². The van der Waals surface area contributed by atoms with Crippen LogP contribution in [0.25, 0.3) is 10.9 Å². The lowest BCUT2D eigenvalue weighted by atomic mass is 10.1. The number of aromatic nitrogens is 1. The molecule has 0 atom stereocenters. The van der Waals surface area contributed by atoms with Gasteiger partial charge in [-0.2, -0.15) is 0 Å². The number of methoxy groups -OCH3 is 1. The van der Waals surface area contributed by atoms with Crippen molar-refractivity contribution >= 4 is 45.7 Å². The van der Waals surface area contributed by atoms with E-state index in [9.17, 15) is 4.79 Å². The molecular formula is C17H14Cl2N2O2. The Labute approximate surface area is 143 Å². The molecule has 6 heteroatoms. The number of anilines is 1. The van der Waals surface area contributed by atoms with Gasteiger partial charge in [0, 0.05) is 33.2 Å². The minimum Gasteiger partial charge on any atom is -0.495 e. The van der Waals surface area contributed by atoms with Crippen LogP contribution in [0.5, 0.6) is 5.75 Å². The Morgan fingerprint density at radius 3 is 2.74 bits per heavy atom. The molecule has 2 aromatic carbocycles. The van der Waals surface area contributed by atoms with Crippen LogP contribution >= 0.6 is 23.2 Å². The first-order chi connectivity index (χ1) is 11.0. The molecule has 0 aliphatic carbocycles. The summed E-state index contributed by atoms with van der Waals surface area (Å²) in [7, 11) is 1.53. The number of carbonyl (C=O) groups is 1. The lowest BCUT2D eigenvalue weighted by molar-refractivity contribution is 0.102. The molecule has 4 nitrogen and oxygen atoms in total. The summed E-state index contributed by atoms with van der Waals surface area (Å²) in [5.41, 5.74) is 2.77.